The number of hydroxylamine groups is 1. The average Bonchev–Trinajstić information content (AvgIpc) is 3.40. The van der Waals surface area contributed by atoms with Gasteiger partial charge in [0.2, 0.25) is 0 Å². The molecule has 4 aromatic carbocycles. The second-order valence-electron chi connectivity index (χ2n) is 10.6. The van der Waals surface area contributed by atoms with Crippen molar-refractivity contribution in [2.24, 2.45) is 0 Å². The lowest BCUT2D eigenvalue weighted by Gasteiger charge is -2.33. The molecule has 12 heteroatoms. The molecule has 5 aromatic rings. The summed E-state index contributed by atoms with van der Waals surface area (Å²) in [5, 5.41) is 30.2. The summed E-state index contributed by atoms with van der Waals surface area (Å²) in [5.41, 5.74) is 3.91. The molecule has 7 rings (SSSR count). The molecule has 0 spiro atoms. The second-order valence-corrected chi connectivity index (χ2v) is 10.6. The van der Waals surface area contributed by atoms with E-state index >= 15 is 0 Å². The number of carbonyl (C=O) groups excluding carboxylic acids is 1. The molecule has 11 nitrogen and oxygen atoms in total. The van der Waals surface area contributed by atoms with E-state index in [1.807, 2.05) is 0 Å². The molecule has 0 amide bonds. The predicted molar refractivity (Wildman–Crippen MR) is 160 cm³/mol. The molecule has 3 unspecified atom stereocenters. The topological polar surface area (TPSA) is 157 Å². The summed E-state index contributed by atoms with van der Waals surface area (Å²) in [6, 6.07) is 17.9. The smallest absolute Gasteiger partial charge is 0.354 e. The molecule has 4 N–H and O–H groups in total. The monoisotopic (exact) mass is 625 g/mol. The Morgan fingerprint density at radius 1 is 0.848 bits per heavy atom. The van der Waals surface area contributed by atoms with Crippen LogP contribution in [0.25, 0.3) is 22.3 Å². The van der Waals surface area contributed by atoms with Gasteiger partial charge in [-0.2, -0.15) is 0 Å². The standard InChI is InChI=1S/C34H24FNO10/c1-42-27-11-18(4-8-22(27)38)33-30(14-21-32(36-46-34(21)41)16-2-6-19(35)7-3-16)43-25-9-5-17(10-28(25)45-33)26-15-24(40)31-23(39)12-20(37)13-29(31)44-26/h2-15,30,32-33,36-39H,1H3/b21-14+. The average molecular weight is 626 g/mol. The fourth-order valence-corrected chi connectivity index (χ4v) is 5.51. The summed E-state index contributed by atoms with van der Waals surface area (Å²) in [5.74, 6) is -0.953. The molecule has 1 saturated heterocycles. The molecule has 232 valence electrons. The molecular formula is C34H24FNO10. The maximum Gasteiger partial charge on any atom is 0.354 e. The molecule has 0 aliphatic carbocycles. The first kappa shape index (κ1) is 28.7. The number of hydrogen-bond acceptors (Lipinski definition) is 11. The van der Waals surface area contributed by atoms with Gasteiger partial charge < -0.3 is 38.8 Å². The Morgan fingerprint density at radius 2 is 1.63 bits per heavy atom. The number of phenols is 3. The number of methoxy groups -OCH3 is 1. The van der Waals surface area contributed by atoms with Crippen LogP contribution in [0.5, 0.6) is 34.5 Å². The van der Waals surface area contributed by atoms with E-state index in [0.717, 1.165) is 6.07 Å². The minimum Gasteiger partial charge on any atom is -0.508 e. The summed E-state index contributed by atoms with van der Waals surface area (Å²) in [6.45, 7) is 0. The maximum atomic E-state index is 13.6. The summed E-state index contributed by atoms with van der Waals surface area (Å²) >= 11 is 0. The van der Waals surface area contributed by atoms with E-state index in [2.05, 4.69) is 5.48 Å². The maximum absolute atomic E-state index is 13.6. The number of halogens is 1. The zero-order valence-electron chi connectivity index (χ0n) is 23.9. The van der Waals surface area contributed by atoms with Gasteiger partial charge in [-0.1, -0.05) is 18.2 Å². The highest BCUT2D eigenvalue weighted by atomic mass is 19.1. The number of fused-ring (bicyclic) bond motifs is 2. The van der Waals surface area contributed by atoms with Gasteiger partial charge in [0.1, 0.15) is 34.0 Å². The predicted octanol–water partition coefficient (Wildman–Crippen LogP) is 5.33. The normalized spacial score (nSPS) is 19.7. The first-order valence-electron chi connectivity index (χ1n) is 14.0. The molecular weight excluding hydrogens is 601 g/mol. The second kappa shape index (κ2) is 11.2. The number of phenolic OH excluding ortho intramolecular Hbond substituents is 3. The van der Waals surface area contributed by atoms with Gasteiger partial charge in [0.25, 0.3) is 0 Å². The van der Waals surface area contributed by atoms with Gasteiger partial charge >= 0.3 is 5.97 Å². The largest absolute Gasteiger partial charge is 0.508 e. The third-order valence-electron chi connectivity index (χ3n) is 7.73. The zero-order chi connectivity index (χ0) is 32.1. The van der Waals surface area contributed by atoms with Crippen LogP contribution in [0.3, 0.4) is 0 Å². The van der Waals surface area contributed by atoms with E-state index in [1.165, 1.54) is 49.6 Å². The minimum atomic E-state index is -0.900. The fourth-order valence-electron chi connectivity index (χ4n) is 5.51. The van der Waals surface area contributed by atoms with Crippen LogP contribution >= 0.6 is 0 Å². The highest BCUT2D eigenvalue weighted by Crippen LogP contribution is 2.44. The Bertz CT molecular complexity index is 2110. The first-order chi connectivity index (χ1) is 22.2. The molecule has 0 saturated carbocycles. The Labute approximate surface area is 259 Å². The van der Waals surface area contributed by atoms with Gasteiger partial charge in [-0.3, -0.25) is 4.79 Å². The van der Waals surface area contributed by atoms with Gasteiger partial charge in [0, 0.05) is 29.3 Å². The summed E-state index contributed by atoms with van der Waals surface area (Å²) in [7, 11) is 1.41. The van der Waals surface area contributed by atoms with Crippen LogP contribution in [0, 0.1) is 5.82 Å². The number of rotatable bonds is 5. The number of aromatic hydroxyl groups is 3. The van der Waals surface area contributed by atoms with Crippen molar-refractivity contribution in [2.45, 2.75) is 18.2 Å². The lowest BCUT2D eigenvalue weighted by Crippen LogP contribution is -2.32. The van der Waals surface area contributed by atoms with Crippen LogP contribution in [0.4, 0.5) is 4.39 Å². The van der Waals surface area contributed by atoms with Crippen LogP contribution in [0.2, 0.25) is 0 Å². The first-order valence-corrected chi connectivity index (χ1v) is 14.0. The Kier molecular flexibility index (Phi) is 6.98. The third kappa shape index (κ3) is 5.10. The number of hydrogen-bond donors (Lipinski definition) is 4. The van der Waals surface area contributed by atoms with Crippen molar-refractivity contribution in [3.63, 3.8) is 0 Å². The highest BCUT2D eigenvalue weighted by Gasteiger charge is 2.38. The fraction of sp³-hybridized carbons (Fsp3) is 0.118. The molecule has 0 bridgehead atoms. The van der Waals surface area contributed by atoms with Crippen molar-refractivity contribution in [3.05, 3.63) is 118 Å². The molecule has 46 heavy (non-hydrogen) atoms. The van der Waals surface area contributed by atoms with Gasteiger partial charge in [-0.15, -0.1) is 5.48 Å². The molecule has 2 aliphatic rings. The van der Waals surface area contributed by atoms with Crippen LogP contribution < -0.4 is 25.1 Å². The van der Waals surface area contributed by atoms with E-state index in [-0.39, 0.29) is 45.3 Å². The summed E-state index contributed by atoms with van der Waals surface area (Å²) in [6.07, 6.45) is -0.217. The van der Waals surface area contributed by atoms with Crippen LogP contribution in [-0.4, -0.2) is 34.5 Å². The van der Waals surface area contributed by atoms with Gasteiger partial charge in [-0.05, 0) is 54.1 Å². The van der Waals surface area contributed by atoms with Crippen molar-refractivity contribution in [1.82, 2.24) is 5.48 Å². The molecule has 0 radical (unpaired) electrons. The molecule has 1 aromatic heterocycles. The van der Waals surface area contributed by atoms with Crippen molar-refractivity contribution in [1.29, 1.82) is 0 Å². The summed E-state index contributed by atoms with van der Waals surface area (Å²) < 4.78 is 37.6. The van der Waals surface area contributed by atoms with E-state index in [1.54, 1.807) is 36.4 Å². The van der Waals surface area contributed by atoms with Gasteiger partial charge in [0.15, 0.2) is 40.6 Å². The van der Waals surface area contributed by atoms with Crippen molar-refractivity contribution < 1.29 is 48.0 Å². The quantitative estimate of drug-likeness (QED) is 0.187. The number of carbonyl (C=O) groups is 1. The molecule has 3 heterocycles. The SMILES string of the molecule is COc1cc(C2Oc3cc(-c4cc(=O)c5c(O)cc(O)cc5o4)ccc3OC2/C=C2/C(=O)ONC2c2ccc(F)cc2)ccc1O. The highest BCUT2D eigenvalue weighted by molar-refractivity contribution is 5.92. The van der Waals surface area contributed by atoms with Crippen molar-refractivity contribution in [2.75, 3.05) is 7.11 Å². The third-order valence-corrected chi connectivity index (χ3v) is 7.73. The van der Waals surface area contributed by atoms with E-state index in [0.29, 0.717) is 22.4 Å². The van der Waals surface area contributed by atoms with Crippen LogP contribution in [0.15, 0.2) is 99.7 Å². The molecule has 3 atom stereocenters. The summed E-state index contributed by atoms with van der Waals surface area (Å²) in [4.78, 5) is 30.8. The minimum absolute atomic E-state index is 0.0107. The molecule has 2 aliphatic heterocycles. The van der Waals surface area contributed by atoms with E-state index in [4.69, 9.17) is 23.5 Å². The zero-order valence-corrected chi connectivity index (χ0v) is 23.9. The van der Waals surface area contributed by atoms with E-state index < -0.39 is 41.2 Å². The number of benzene rings is 4. The van der Waals surface area contributed by atoms with Crippen LogP contribution in [-0.2, 0) is 9.63 Å². The van der Waals surface area contributed by atoms with Crippen LogP contribution in [0.1, 0.15) is 23.3 Å². The van der Waals surface area contributed by atoms with Gasteiger partial charge in [0.05, 0.1) is 18.7 Å². The Morgan fingerprint density at radius 3 is 2.41 bits per heavy atom. The lowest BCUT2D eigenvalue weighted by molar-refractivity contribution is -0.140. The lowest BCUT2D eigenvalue weighted by atomic mass is 9.95. The Hall–Kier alpha value is -6.01. The van der Waals surface area contributed by atoms with E-state index in [9.17, 15) is 29.3 Å². The number of ether oxygens (including phenoxy) is 3. The number of nitrogens with one attached hydrogen (secondary N) is 1. The van der Waals surface area contributed by atoms with Crippen molar-refractivity contribution in [3.8, 4) is 45.8 Å². The van der Waals surface area contributed by atoms with Gasteiger partial charge in [-0.25, -0.2) is 9.18 Å². The van der Waals surface area contributed by atoms with Crippen molar-refractivity contribution >= 4 is 16.9 Å². The molecule has 1 fully saturated rings. The Balaban J connectivity index is 1.31.